The number of nitrogens with zero attached hydrogens (tertiary/aromatic N) is 4. The van der Waals surface area contributed by atoms with Gasteiger partial charge in [0.05, 0.1) is 16.0 Å². The van der Waals surface area contributed by atoms with Crippen molar-refractivity contribution < 1.29 is 22.7 Å². The minimum atomic E-state index is -3.93. The average molecular weight is 493 g/mol. The van der Waals surface area contributed by atoms with Crippen LogP contribution in [0.15, 0.2) is 65.8 Å². The van der Waals surface area contributed by atoms with Crippen LogP contribution < -0.4 is 10.0 Å². The maximum Gasteiger partial charge on any atom is 0.340 e. The van der Waals surface area contributed by atoms with Crippen LogP contribution in [0.3, 0.4) is 0 Å². The van der Waals surface area contributed by atoms with E-state index in [0.717, 1.165) is 0 Å². The van der Waals surface area contributed by atoms with Crippen molar-refractivity contribution in [2.45, 2.75) is 18.7 Å². The third-order valence-corrected chi connectivity index (χ3v) is 6.05. The number of aryl methyl sites for hydroxylation is 2. The van der Waals surface area contributed by atoms with Crippen molar-refractivity contribution in [3.05, 3.63) is 77.9 Å². The van der Waals surface area contributed by atoms with Crippen LogP contribution in [0, 0.1) is 13.8 Å². The number of para-hydroxylation sites is 1. The summed E-state index contributed by atoms with van der Waals surface area (Å²) in [4.78, 5) is 41.0. The number of amides is 1. The number of anilines is 2. The van der Waals surface area contributed by atoms with E-state index in [1.807, 2.05) is 0 Å². The maximum atomic E-state index is 12.6. The summed E-state index contributed by atoms with van der Waals surface area (Å²) in [6.07, 6.45) is 2.97. The molecule has 0 radical (unpaired) electrons. The highest BCUT2D eigenvalue weighted by molar-refractivity contribution is 7.92. The molecule has 0 bridgehead atoms. The number of carbonyl (C=O) groups excluding carboxylic acids is 2. The smallest absolute Gasteiger partial charge is 0.340 e. The molecule has 178 valence electrons. The Labute approximate surface area is 200 Å². The van der Waals surface area contributed by atoms with E-state index in [2.05, 4.69) is 30.0 Å². The molecule has 2 N–H and O–H groups in total. The summed E-state index contributed by atoms with van der Waals surface area (Å²) in [6.45, 7) is 2.93. The fourth-order valence-corrected chi connectivity index (χ4v) is 4.18. The molecule has 4 aromatic rings. The van der Waals surface area contributed by atoms with Gasteiger partial charge in [0.25, 0.3) is 15.9 Å². The molecule has 0 spiro atoms. The number of nitrogens with one attached hydrogen (secondary N) is 2. The number of aromatic nitrogens is 4. The van der Waals surface area contributed by atoms with Crippen LogP contribution in [0.2, 0.25) is 0 Å². The number of rotatable bonds is 7. The molecule has 2 heterocycles. The van der Waals surface area contributed by atoms with Crippen molar-refractivity contribution >= 4 is 44.6 Å². The minimum Gasteiger partial charge on any atom is -0.452 e. The van der Waals surface area contributed by atoms with Crippen LogP contribution in [-0.2, 0) is 19.6 Å². The molecule has 4 rings (SSSR count). The second-order valence-corrected chi connectivity index (χ2v) is 9.14. The Morgan fingerprint density at radius 1 is 0.943 bits per heavy atom. The van der Waals surface area contributed by atoms with Gasteiger partial charge >= 0.3 is 5.97 Å². The van der Waals surface area contributed by atoms with E-state index in [1.54, 1.807) is 32.0 Å². The Morgan fingerprint density at radius 2 is 1.63 bits per heavy atom. The number of carbonyl (C=O) groups is 2. The third kappa shape index (κ3) is 5.73. The molecule has 0 aliphatic carbocycles. The molecule has 2 aromatic heterocycles. The predicted molar refractivity (Wildman–Crippen MR) is 127 cm³/mol. The van der Waals surface area contributed by atoms with Gasteiger partial charge in [-0.1, -0.05) is 6.07 Å². The van der Waals surface area contributed by atoms with Crippen molar-refractivity contribution in [2.75, 3.05) is 16.6 Å². The second-order valence-electron chi connectivity index (χ2n) is 7.46. The van der Waals surface area contributed by atoms with Crippen molar-refractivity contribution in [1.82, 2.24) is 19.9 Å². The highest BCUT2D eigenvalue weighted by atomic mass is 32.2. The van der Waals surface area contributed by atoms with Gasteiger partial charge in [0.2, 0.25) is 5.95 Å². The molecule has 35 heavy (non-hydrogen) atoms. The molecule has 0 atom stereocenters. The van der Waals surface area contributed by atoms with Gasteiger partial charge < -0.3 is 10.1 Å². The summed E-state index contributed by atoms with van der Waals surface area (Å²) in [6, 6.07) is 12.1. The summed E-state index contributed by atoms with van der Waals surface area (Å²) >= 11 is 0. The van der Waals surface area contributed by atoms with Crippen LogP contribution in [-0.4, -0.2) is 46.8 Å². The highest BCUT2D eigenvalue weighted by Gasteiger charge is 2.17. The van der Waals surface area contributed by atoms with Crippen LogP contribution in [0.5, 0.6) is 0 Å². The van der Waals surface area contributed by atoms with Gasteiger partial charge in [0, 0.05) is 29.5 Å². The van der Waals surface area contributed by atoms with Crippen LogP contribution in [0.1, 0.15) is 21.7 Å². The minimum absolute atomic E-state index is 0.0288. The fourth-order valence-electron chi connectivity index (χ4n) is 3.23. The van der Waals surface area contributed by atoms with E-state index in [-0.39, 0.29) is 16.4 Å². The van der Waals surface area contributed by atoms with E-state index in [4.69, 9.17) is 4.74 Å². The number of sulfonamides is 1. The zero-order valence-electron chi connectivity index (χ0n) is 18.7. The monoisotopic (exact) mass is 492 g/mol. The zero-order chi connectivity index (χ0) is 25.0. The Morgan fingerprint density at radius 3 is 2.34 bits per heavy atom. The summed E-state index contributed by atoms with van der Waals surface area (Å²) in [7, 11) is -3.93. The quantitative estimate of drug-likeness (QED) is 0.371. The number of benzene rings is 2. The lowest BCUT2D eigenvalue weighted by Gasteiger charge is -2.10. The first-order valence-electron chi connectivity index (χ1n) is 10.3. The molecule has 0 unspecified atom stereocenters. The first kappa shape index (κ1) is 23.7. The second kappa shape index (κ2) is 9.81. The normalized spacial score (nSPS) is 11.1. The van der Waals surface area contributed by atoms with E-state index >= 15 is 0 Å². The van der Waals surface area contributed by atoms with Crippen molar-refractivity contribution in [1.29, 1.82) is 0 Å². The van der Waals surface area contributed by atoms with Crippen molar-refractivity contribution in [2.24, 2.45) is 0 Å². The first-order valence-corrected chi connectivity index (χ1v) is 11.8. The van der Waals surface area contributed by atoms with Gasteiger partial charge in [-0.25, -0.2) is 27.9 Å². The van der Waals surface area contributed by atoms with Gasteiger partial charge in [-0.15, -0.1) is 0 Å². The molecule has 12 heteroatoms. The Balaban J connectivity index is 1.36. The van der Waals surface area contributed by atoms with Crippen molar-refractivity contribution in [3.8, 4) is 0 Å². The standard InChI is InChI=1S/C23H20N6O5S/c1-14-12-15(2)27-23(26-14)29-35(32,33)17-8-6-16(7-9-17)28-20(30)13-34-22(31)18-4-3-5-19-21(18)25-11-10-24-19/h3-12H,13H2,1-2H3,(H,28,30)(H,26,27,29). The number of ether oxygens (including phenoxy) is 1. The van der Waals surface area contributed by atoms with Crippen LogP contribution in [0.4, 0.5) is 11.6 Å². The molecule has 0 saturated heterocycles. The molecule has 0 aliphatic heterocycles. The van der Waals surface area contributed by atoms with Crippen LogP contribution >= 0.6 is 0 Å². The van der Waals surface area contributed by atoms with Crippen LogP contribution in [0.25, 0.3) is 11.0 Å². The number of esters is 1. The molecular formula is C23H20N6O5S. The van der Waals surface area contributed by atoms with Gasteiger partial charge in [-0.05, 0) is 56.3 Å². The van der Waals surface area contributed by atoms with Gasteiger partial charge in [0.1, 0.15) is 5.52 Å². The largest absolute Gasteiger partial charge is 0.452 e. The molecule has 11 nitrogen and oxygen atoms in total. The molecule has 0 aliphatic rings. The van der Waals surface area contributed by atoms with Crippen molar-refractivity contribution in [3.63, 3.8) is 0 Å². The number of hydrogen-bond donors (Lipinski definition) is 2. The molecule has 2 aromatic carbocycles. The Hall–Kier alpha value is -4.45. The molecule has 0 saturated carbocycles. The Bertz CT molecular complexity index is 1500. The molecule has 0 fully saturated rings. The summed E-state index contributed by atoms with van der Waals surface area (Å²) in [5.41, 5.74) is 2.67. The lowest BCUT2D eigenvalue weighted by atomic mass is 10.2. The van der Waals surface area contributed by atoms with Gasteiger partial charge in [-0.3, -0.25) is 14.8 Å². The summed E-state index contributed by atoms with van der Waals surface area (Å²) in [5, 5.41) is 2.55. The molecule has 1 amide bonds. The Kier molecular flexibility index (Phi) is 6.64. The topological polar surface area (TPSA) is 153 Å². The lowest BCUT2D eigenvalue weighted by molar-refractivity contribution is -0.119. The zero-order valence-corrected chi connectivity index (χ0v) is 19.5. The molecular weight excluding hydrogens is 472 g/mol. The fraction of sp³-hybridized carbons (Fsp3) is 0.130. The van der Waals surface area contributed by atoms with E-state index < -0.39 is 28.5 Å². The number of hydrogen-bond acceptors (Lipinski definition) is 9. The highest BCUT2D eigenvalue weighted by Crippen LogP contribution is 2.18. The predicted octanol–water partition coefficient (Wildman–Crippen LogP) is 2.63. The maximum absolute atomic E-state index is 12.6. The number of fused-ring (bicyclic) bond motifs is 1. The van der Waals surface area contributed by atoms with E-state index in [0.29, 0.717) is 28.1 Å². The van der Waals surface area contributed by atoms with Gasteiger partial charge in [-0.2, -0.15) is 0 Å². The van der Waals surface area contributed by atoms with E-state index in [1.165, 1.54) is 42.7 Å². The lowest BCUT2D eigenvalue weighted by Crippen LogP contribution is -2.21. The third-order valence-electron chi connectivity index (χ3n) is 4.71. The summed E-state index contributed by atoms with van der Waals surface area (Å²) in [5.74, 6) is -1.34. The SMILES string of the molecule is Cc1cc(C)nc(NS(=O)(=O)c2ccc(NC(=O)COC(=O)c3cccc4nccnc34)cc2)n1. The van der Waals surface area contributed by atoms with E-state index in [9.17, 15) is 18.0 Å². The summed E-state index contributed by atoms with van der Waals surface area (Å²) < 4.78 is 32.7. The van der Waals surface area contributed by atoms with Gasteiger partial charge in [0.15, 0.2) is 6.61 Å². The first-order chi connectivity index (χ1) is 16.7. The average Bonchev–Trinajstić information content (AvgIpc) is 2.81.